The van der Waals surface area contributed by atoms with Crippen LogP contribution in [-0.2, 0) is 11.2 Å². The van der Waals surface area contributed by atoms with Crippen molar-refractivity contribution in [2.45, 2.75) is 31.8 Å². The molecule has 0 bridgehead atoms. The summed E-state index contributed by atoms with van der Waals surface area (Å²) in [5.74, 6) is 1.70. The molecule has 3 aromatic rings. The Labute approximate surface area is 122 Å². The van der Waals surface area contributed by atoms with Gasteiger partial charge in [-0.15, -0.1) is 0 Å². The van der Waals surface area contributed by atoms with Gasteiger partial charge in [0.15, 0.2) is 5.65 Å². The molecular weight excluding hydrogens is 266 g/mol. The largest absolute Gasteiger partial charge is 0.448 e. The van der Waals surface area contributed by atoms with Crippen LogP contribution in [0.4, 0.5) is 0 Å². The van der Waals surface area contributed by atoms with Gasteiger partial charge in [0.05, 0.1) is 12.4 Å². The highest BCUT2D eigenvalue weighted by molar-refractivity contribution is 5.73. The van der Waals surface area contributed by atoms with Gasteiger partial charge in [-0.2, -0.15) is 0 Å². The van der Waals surface area contributed by atoms with Gasteiger partial charge in [-0.25, -0.2) is 14.5 Å². The number of hydrogen-bond acceptors (Lipinski definition) is 4. The molecular formula is C16H17N3O2. The van der Waals surface area contributed by atoms with E-state index in [2.05, 4.69) is 4.98 Å². The Kier molecular flexibility index (Phi) is 3.20. The van der Waals surface area contributed by atoms with Gasteiger partial charge in [0.25, 0.3) is 0 Å². The van der Waals surface area contributed by atoms with Crippen LogP contribution in [0, 0.1) is 0 Å². The Bertz CT molecular complexity index is 727. The monoisotopic (exact) mass is 283 g/mol. The van der Waals surface area contributed by atoms with Crippen molar-refractivity contribution < 1.29 is 9.15 Å². The summed E-state index contributed by atoms with van der Waals surface area (Å²) >= 11 is 0. The molecule has 1 atom stereocenters. The van der Waals surface area contributed by atoms with Gasteiger partial charge < -0.3 is 9.15 Å². The quantitative estimate of drug-likeness (QED) is 0.741. The number of pyridine rings is 1. The standard InChI is InChI=1S/C16H17N3O2/c1-2-9-20-12(5-1)11-14-18-13-6-3-8-17-16(13)19(14)15-7-4-10-21-15/h3-4,6-8,10,12H,1-2,5,9,11H2. The zero-order chi connectivity index (χ0) is 14.1. The second-order valence-corrected chi connectivity index (χ2v) is 5.35. The Balaban J connectivity index is 1.78. The zero-order valence-corrected chi connectivity index (χ0v) is 11.7. The highest BCUT2D eigenvalue weighted by atomic mass is 16.5. The molecule has 0 N–H and O–H groups in total. The third-order valence-corrected chi connectivity index (χ3v) is 3.90. The summed E-state index contributed by atoms with van der Waals surface area (Å²) in [7, 11) is 0. The van der Waals surface area contributed by atoms with Crippen LogP contribution in [-0.4, -0.2) is 27.2 Å². The molecule has 1 fully saturated rings. The van der Waals surface area contributed by atoms with Crippen LogP contribution in [0.3, 0.4) is 0 Å². The average Bonchev–Trinajstić information content (AvgIpc) is 3.14. The lowest BCUT2D eigenvalue weighted by atomic mass is 10.1. The molecule has 4 heterocycles. The van der Waals surface area contributed by atoms with Crippen molar-refractivity contribution in [1.29, 1.82) is 0 Å². The van der Waals surface area contributed by atoms with E-state index in [1.54, 1.807) is 12.5 Å². The van der Waals surface area contributed by atoms with E-state index in [4.69, 9.17) is 14.1 Å². The molecule has 0 saturated carbocycles. The van der Waals surface area contributed by atoms with Gasteiger partial charge in [0.1, 0.15) is 11.3 Å². The average molecular weight is 283 g/mol. The number of rotatable bonds is 3. The van der Waals surface area contributed by atoms with Crippen molar-refractivity contribution in [3.05, 3.63) is 42.5 Å². The van der Waals surface area contributed by atoms with Gasteiger partial charge in [-0.3, -0.25) is 0 Å². The van der Waals surface area contributed by atoms with E-state index in [0.29, 0.717) is 0 Å². The molecule has 0 aromatic carbocycles. The number of nitrogens with zero attached hydrogens (tertiary/aromatic N) is 3. The predicted molar refractivity (Wildman–Crippen MR) is 78.4 cm³/mol. The van der Waals surface area contributed by atoms with Crippen molar-refractivity contribution in [2.24, 2.45) is 0 Å². The second kappa shape index (κ2) is 5.33. The van der Waals surface area contributed by atoms with E-state index in [1.165, 1.54) is 6.42 Å². The lowest BCUT2D eigenvalue weighted by Gasteiger charge is -2.22. The smallest absolute Gasteiger partial charge is 0.206 e. The van der Waals surface area contributed by atoms with Crippen molar-refractivity contribution in [3.8, 4) is 5.88 Å². The van der Waals surface area contributed by atoms with Crippen molar-refractivity contribution >= 4 is 11.2 Å². The molecule has 0 amide bonds. The summed E-state index contributed by atoms with van der Waals surface area (Å²) in [6.45, 7) is 0.851. The molecule has 5 nitrogen and oxygen atoms in total. The first-order valence-corrected chi connectivity index (χ1v) is 7.39. The van der Waals surface area contributed by atoms with E-state index >= 15 is 0 Å². The SMILES string of the molecule is c1coc(-n2c(CC3CCCCO3)nc3cccnc32)c1. The molecule has 1 aliphatic rings. The minimum Gasteiger partial charge on any atom is -0.448 e. The van der Waals surface area contributed by atoms with E-state index in [-0.39, 0.29) is 6.10 Å². The number of furan rings is 1. The van der Waals surface area contributed by atoms with Crippen molar-refractivity contribution in [3.63, 3.8) is 0 Å². The van der Waals surface area contributed by atoms with Crippen molar-refractivity contribution in [1.82, 2.24) is 14.5 Å². The summed E-state index contributed by atoms with van der Waals surface area (Å²) in [6, 6.07) is 7.70. The first-order chi connectivity index (χ1) is 10.4. The van der Waals surface area contributed by atoms with Crippen LogP contribution < -0.4 is 0 Å². The second-order valence-electron chi connectivity index (χ2n) is 5.35. The fourth-order valence-corrected chi connectivity index (χ4v) is 2.90. The van der Waals surface area contributed by atoms with Crippen LogP contribution in [0.15, 0.2) is 41.1 Å². The predicted octanol–water partition coefficient (Wildman–Crippen LogP) is 3.13. The minimum atomic E-state index is 0.240. The summed E-state index contributed by atoms with van der Waals surface area (Å²) in [5, 5.41) is 0. The van der Waals surface area contributed by atoms with Gasteiger partial charge in [0.2, 0.25) is 5.88 Å². The third-order valence-electron chi connectivity index (χ3n) is 3.90. The number of hydrogen-bond donors (Lipinski definition) is 0. The summed E-state index contributed by atoms with van der Waals surface area (Å²) in [5.41, 5.74) is 1.72. The fourth-order valence-electron chi connectivity index (χ4n) is 2.90. The molecule has 1 unspecified atom stereocenters. The van der Waals surface area contributed by atoms with Crippen LogP contribution >= 0.6 is 0 Å². The third kappa shape index (κ3) is 2.34. The summed E-state index contributed by atoms with van der Waals surface area (Å²) < 4.78 is 13.4. The highest BCUT2D eigenvalue weighted by Crippen LogP contribution is 2.23. The Morgan fingerprint density at radius 1 is 1.24 bits per heavy atom. The Morgan fingerprint density at radius 2 is 2.24 bits per heavy atom. The van der Waals surface area contributed by atoms with Crippen LogP contribution in [0.25, 0.3) is 17.0 Å². The van der Waals surface area contributed by atoms with Crippen LogP contribution in [0.5, 0.6) is 0 Å². The molecule has 3 aromatic heterocycles. The Hall–Kier alpha value is -2.14. The van der Waals surface area contributed by atoms with E-state index < -0.39 is 0 Å². The van der Waals surface area contributed by atoms with Gasteiger partial charge in [-0.1, -0.05) is 0 Å². The topological polar surface area (TPSA) is 53.1 Å². The summed E-state index contributed by atoms with van der Waals surface area (Å²) in [4.78, 5) is 9.17. The maximum atomic E-state index is 5.85. The van der Waals surface area contributed by atoms with Gasteiger partial charge >= 0.3 is 0 Å². The molecule has 1 saturated heterocycles. The number of fused-ring (bicyclic) bond motifs is 1. The molecule has 21 heavy (non-hydrogen) atoms. The fraction of sp³-hybridized carbons (Fsp3) is 0.375. The van der Waals surface area contributed by atoms with E-state index in [1.807, 2.05) is 28.8 Å². The molecule has 1 aliphatic heterocycles. The van der Waals surface area contributed by atoms with E-state index in [0.717, 1.165) is 48.7 Å². The zero-order valence-electron chi connectivity index (χ0n) is 11.7. The maximum absolute atomic E-state index is 5.85. The van der Waals surface area contributed by atoms with E-state index in [9.17, 15) is 0 Å². The van der Waals surface area contributed by atoms with Gasteiger partial charge in [-0.05, 0) is 37.5 Å². The number of ether oxygens (including phenoxy) is 1. The highest BCUT2D eigenvalue weighted by Gasteiger charge is 2.21. The lowest BCUT2D eigenvalue weighted by molar-refractivity contribution is 0.0154. The summed E-state index contributed by atoms with van der Waals surface area (Å²) in [6.07, 6.45) is 7.96. The lowest BCUT2D eigenvalue weighted by Crippen LogP contribution is -2.23. The van der Waals surface area contributed by atoms with Crippen molar-refractivity contribution in [2.75, 3.05) is 6.61 Å². The molecule has 108 valence electrons. The molecule has 4 rings (SSSR count). The Morgan fingerprint density at radius 3 is 3.05 bits per heavy atom. The first kappa shape index (κ1) is 12.6. The molecule has 0 spiro atoms. The molecule has 0 radical (unpaired) electrons. The minimum absolute atomic E-state index is 0.240. The van der Waals surface area contributed by atoms with Crippen LogP contribution in [0.2, 0.25) is 0 Å². The first-order valence-electron chi connectivity index (χ1n) is 7.39. The molecule has 5 heteroatoms. The number of imidazole rings is 1. The maximum Gasteiger partial charge on any atom is 0.206 e. The molecule has 0 aliphatic carbocycles. The number of aromatic nitrogens is 3. The normalized spacial score (nSPS) is 19.1. The van der Waals surface area contributed by atoms with Crippen LogP contribution in [0.1, 0.15) is 25.1 Å². The van der Waals surface area contributed by atoms with Gasteiger partial charge in [0, 0.05) is 25.3 Å².